The molecule has 1 aromatic rings. The van der Waals surface area contributed by atoms with E-state index in [-0.39, 0.29) is 24.2 Å². The van der Waals surface area contributed by atoms with Gasteiger partial charge in [-0.1, -0.05) is 24.3 Å². The molecule has 0 bridgehead atoms. The van der Waals surface area contributed by atoms with Crippen molar-refractivity contribution in [1.29, 1.82) is 0 Å². The van der Waals surface area contributed by atoms with Crippen LogP contribution in [0, 0.1) is 5.92 Å². The van der Waals surface area contributed by atoms with Crippen LogP contribution >= 0.6 is 0 Å². The number of carbonyl (C=O) groups excluding carboxylic acids is 2. The maximum Gasteiger partial charge on any atom is 0.410 e. The van der Waals surface area contributed by atoms with Crippen LogP contribution < -0.4 is 0 Å². The summed E-state index contributed by atoms with van der Waals surface area (Å²) in [5.41, 5.74) is 1.94. The lowest BCUT2D eigenvalue weighted by molar-refractivity contribution is -0.115. The molecular formula is C19H23NO4. The molecule has 0 saturated carbocycles. The Balaban J connectivity index is 2.03. The summed E-state index contributed by atoms with van der Waals surface area (Å²) in [6, 6.07) is 7.61. The van der Waals surface area contributed by atoms with Gasteiger partial charge in [-0.25, -0.2) is 4.79 Å². The number of aliphatic hydroxyl groups excluding tert-OH is 1. The molecule has 1 aliphatic carbocycles. The third kappa shape index (κ3) is 2.90. The van der Waals surface area contributed by atoms with Gasteiger partial charge in [-0.05, 0) is 38.3 Å². The van der Waals surface area contributed by atoms with Crippen molar-refractivity contribution in [3.63, 3.8) is 0 Å². The summed E-state index contributed by atoms with van der Waals surface area (Å²) in [6.45, 7) is 5.77. The third-order valence-electron chi connectivity index (χ3n) is 4.60. The second-order valence-electron chi connectivity index (χ2n) is 7.39. The Hall–Kier alpha value is -2.30. The minimum absolute atomic E-state index is 0.105. The highest BCUT2D eigenvalue weighted by Gasteiger charge is 2.45. The fourth-order valence-electron chi connectivity index (χ4n) is 3.64. The molecule has 0 aromatic heterocycles. The predicted octanol–water partition coefficient (Wildman–Crippen LogP) is 3.55. The Morgan fingerprint density at radius 2 is 2.04 bits per heavy atom. The van der Waals surface area contributed by atoms with Gasteiger partial charge in [0.05, 0.1) is 12.3 Å². The molecule has 24 heavy (non-hydrogen) atoms. The molecule has 0 spiro atoms. The van der Waals surface area contributed by atoms with Crippen LogP contribution in [0.3, 0.4) is 0 Å². The van der Waals surface area contributed by atoms with Gasteiger partial charge in [-0.3, -0.25) is 4.79 Å². The monoisotopic (exact) mass is 329 g/mol. The number of ether oxygens (including phenoxy) is 1. The lowest BCUT2D eigenvalue weighted by Crippen LogP contribution is -2.40. The van der Waals surface area contributed by atoms with Crippen molar-refractivity contribution in [1.82, 2.24) is 4.90 Å². The number of hydrogen-bond acceptors (Lipinski definition) is 4. The van der Waals surface area contributed by atoms with Crippen LogP contribution in [-0.4, -0.2) is 34.0 Å². The zero-order valence-corrected chi connectivity index (χ0v) is 14.3. The van der Waals surface area contributed by atoms with Gasteiger partial charge in [-0.15, -0.1) is 0 Å². The van der Waals surface area contributed by atoms with E-state index in [0.29, 0.717) is 18.5 Å². The number of nitrogens with zero attached hydrogens (tertiary/aromatic N) is 1. The Morgan fingerprint density at radius 1 is 1.33 bits per heavy atom. The predicted molar refractivity (Wildman–Crippen MR) is 89.7 cm³/mol. The number of benzene rings is 1. The van der Waals surface area contributed by atoms with E-state index in [4.69, 9.17) is 4.74 Å². The molecule has 1 N–H and O–H groups in total. The van der Waals surface area contributed by atoms with Crippen molar-refractivity contribution in [3.05, 3.63) is 47.2 Å². The Kier molecular flexibility index (Phi) is 4.11. The molecule has 2 aliphatic rings. The SMILES string of the molecule is CC(C)(C)OC(=O)N1CCC(=O)/C(=C\O)C2Cc3ccccc3C21. The largest absolute Gasteiger partial charge is 0.515 e. The van der Waals surface area contributed by atoms with Gasteiger partial charge >= 0.3 is 6.09 Å². The number of Topliss-reactive ketones (excluding diaryl/α,β-unsaturated/α-hetero) is 1. The smallest absolute Gasteiger partial charge is 0.410 e. The summed E-state index contributed by atoms with van der Waals surface area (Å²) in [5.74, 6) is -0.332. The van der Waals surface area contributed by atoms with E-state index in [1.165, 1.54) is 0 Å². The van der Waals surface area contributed by atoms with Gasteiger partial charge in [0, 0.05) is 24.5 Å². The minimum Gasteiger partial charge on any atom is -0.515 e. The zero-order chi connectivity index (χ0) is 17.5. The molecule has 1 aliphatic heterocycles. The summed E-state index contributed by atoms with van der Waals surface area (Å²) < 4.78 is 5.55. The van der Waals surface area contributed by atoms with E-state index in [0.717, 1.165) is 17.4 Å². The Bertz CT molecular complexity index is 702. The molecule has 1 heterocycles. The van der Waals surface area contributed by atoms with Crippen LogP contribution in [0.2, 0.25) is 0 Å². The summed E-state index contributed by atoms with van der Waals surface area (Å²) in [4.78, 5) is 26.8. The fourth-order valence-corrected chi connectivity index (χ4v) is 3.64. The maximum atomic E-state index is 12.7. The van der Waals surface area contributed by atoms with Crippen LogP contribution in [-0.2, 0) is 16.0 Å². The average molecular weight is 329 g/mol. The molecule has 1 saturated heterocycles. The Morgan fingerprint density at radius 3 is 2.71 bits per heavy atom. The molecule has 5 heteroatoms. The van der Waals surface area contributed by atoms with Crippen molar-refractivity contribution in [2.75, 3.05) is 6.54 Å². The lowest BCUT2D eigenvalue weighted by Gasteiger charge is -2.33. The van der Waals surface area contributed by atoms with Crippen molar-refractivity contribution in [2.45, 2.75) is 45.3 Å². The van der Waals surface area contributed by atoms with Crippen molar-refractivity contribution in [2.24, 2.45) is 5.92 Å². The van der Waals surface area contributed by atoms with Crippen molar-refractivity contribution >= 4 is 11.9 Å². The number of amides is 1. The number of hydrogen-bond donors (Lipinski definition) is 1. The second kappa shape index (κ2) is 5.96. The number of rotatable bonds is 0. The maximum absolute atomic E-state index is 12.7. The number of aliphatic hydroxyl groups is 1. The minimum atomic E-state index is -0.601. The standard InChI is InChI=1S/C19H23NO4/c1-19(2,3)24-18(23)20-9-8-16(22)15(11-21)14-10-12-6-4-5-7-13(12)17(14)20/h4-7,11,14,17,21H,8-10H2,1-3H3/b15-11-. The van der Waals surface area contributed by atoms with Crippen LogP contribution in [0.4, 0.5) is 4.79 Å². The molecule has 3 rings (SSSR count). The number of fused-ring (bicyclic) bond motifs is 3. The summed E-state index contributed by atoms with van der Waals surface area (Å²) in [6.07, 6.45) is 1.34. The normalized spacial score (nSPS) is 25.2. The molecule has 2 unspecified atom stereocenters. The summed E-state index contributed by atoms with van der Waals surface area (Å²) in [5, 5.41) is 9.61. The number of carbonyl (C=O) groups is 2. The number of likely N-dealkylation sites (tertiary alicyclic amines) is 1. The summed E-state index contributed by atoms with van der Waals surface area (Å²) in [7, 11) is 0. The van der Waals surface area contributed by atoms with Gasteiger partial charge < -0.3 is 14.7 Å². The second-order valence-corrected chi connectivity index (χ2v) is 7.39. The zero-order valence-electron chi connectivity index (χ0n) is 14.3. The van der Waals surface area contributed by atoms with Crippen LogP contribution in [0.1, 0.15) is 44.4 Å². The van der Waals surface area contributed by atoms with Crippen LogP contribution in [0.25, 0.3) is 0 Å². The van der Waals surface area contributed by atoms with E-state index in [2.05, 4.69) is 0 Å². The fraction of sp³-hybridized carbons (Fsp3) is 0.474. The van der Waals surface area contributed by atoms with Gasteiger partial charge in [0.15, 0.2) is 5.78 Å². The van der Waals surface area contributed by atoms with E-state index in [1.807, 2.05) is 45.0 Å². The quantitative estimate of drug-likeness (QED) is 0.584. The lowest BCUT2D eigenvalue weighted by atomic mass is 9.90. The molecule has 5 nitrogen and oxygen atoms in total. The molecule has 2 atom stereocenters. The molecule has 0 radical (unpaired) electrons. The molecule has 1 fully saturated rings. The van der Waals surface area contributed by atoms with E-state index < -0.39 is 11.7 Å². The molecule has 128 valence electrons. The van der Waals surface area contributed by atoms with E-state index in [1.54, 1.807) is 4.90 Å². The topological polar surface area (TPSA) is 66.8 Å². The highest BCUT2D eigenvalue weighted by molar-refractivity contribution is 5.97. The molecule has 1 amide bonds. The van der Waals surface area contributed by atoms with Gasteiger partial charge in [0.25, 0.3) is 0 Å². The first-order valence-electron chi connectivity index (χ1n) is 8.26. The highest BCUT2D eigenvalue weighted by Crippen LogP contribution is 2.46. The van der Waals surface area contributed by atoms with Gasteiger partial charge in [0.1, 0.15) is 5.60 Å². The molecule has 1 aromatic carbocycles. The van der Waals surface area contributed by atoms with Gasteiger partial charge in [0.2, 0.25) is 0 Å². The average Bonchev–Trinajstić information content (AvgIpc) is 2.79. The van der Waals surface area contributed by atoms with Crippen LogP contribution in [0.5, 0.6) is 0 Å². The summed E-state index contributed by atoms with van der Waals surface area (Å²) >= 11 is 0. The first-order valence-corrected chi connectivity index (χ1v) is 8.26. The van der Waals surface area contributed by atoms with Crippen LogP contribution in [0.15, 0.2) is 36.1 Å². The van der Waals surface area contributed by atoms with Gasteiger partial charge in [-0.2, -0.15) is 0 Å². The first-order chi connectivity index (χ1) is 11.3. The van der Waals surface area contributed by atoms with Crippen molar-refractivity contribution in [3.8, 4) is 0 Å². The molecular weight excluding hydrogens is 306 g/mol. The number of ketones is 1. The first kappa shape index (κ1) is 16.6. The third-order valence-corrected chi connectivity index (χ3v) is 4.60. The Labute approximate surface area is 141 Å². The van der Waals surface area contributed by atoms with Crippen molar-refractivity contribution < 1.29 is 19.4 Å². The van der Waals surface area contributed by atoms with E-state index in [9.17, 15) is 14.7 Å². The highest BCUT2D eigenvalue weighted by atomic mass is 16.6. The van der Waals surface area contributed by atoms with E-state index >= 15 is 0 Å².